The Morgan fingerprint density at radius 3 is 2.43 bits per heavy atom. The molecule has 0 saturated heterocycles. The maximum absolute atomic E-state index is 12.5. The second-order valence-corrected chi connectivity index (χ2v) is 11.6. The molecule has 11 nitrogen and oxygen atoms in total. The van der Waals surface area contributed by atoms with Crippen molar-refractivity contribution >= 4 is 49.8 Å². The number of furan rings is 2. The Balaban J connectivity index is 1.16. The highest BCUT2D eigenvalue weighted by molar-refractivity contribution is 7.99. The molecule has 0 unspecified atom stereocenters. The number of thioether (sulfide) groups is 1. The van der Waals surface area contributed by atoms with Crippen LogP contribution in [0.3, 0.4) is 0 Å². The summed E-state index contributed by atoms with van der Waals surface area (Å²) in [5, 5.41) is 11.8. The van der Waals surface area contributed by atoms with Gasteiger partial charge in [0.15, 0.2) is 16.7 Å². The fourth-order valence-electron chi connectivity index (χ4n) is 3.30. The SMILES string of the molecule is Cc1nnc(NS(=O)(=O)c2ccc(NC(=O)CCSc3nc(-c4ccco4)c(-c4ccco4)[nH]3)cc2)s1. The van der Waals surface area contributed by atoms with Crippen LogP contribution in [0.2, 0.25) is 0 Å². The van der Waals surface area contributed by atoms with Crippen LogP contribution in [0, 0.1) is 6.92 Å². The summed E-state index contributed by atoms with van der Waals surface area (Å²) in [6, 6.07) is 13.1. The molecule has 1 amide bonds. The average Bonchev–Trinajstić information content (AvgIpc) is 3.67. The molecule has 0 bridgehead atoms. The molecule has 4 aromatic heterocycles. The average molecular weight is 557 g/mol. The van der Waals surface area contributed by atoms with Gasteiger partial charge in [-0.25, -0.2) is 13.4 Å². The third kappa shape index (κ3) is 5.93. The summed E-state index contributed by atoms with van der Waals surface area (Å²) < 4.78 is 38.4. The zero-order chi connectivity index (χ0) is 25.8. The molecule has 0 aliphatic heterocycles. The molecule has 0 saturated carbocycles. The molecule has 0 aliphatic carbocycles. The number of sulfonamides is 1. The Morgan fingerprint density at radius 2 is 1.78 bits per heavy atom. The third-order valence-corrected chi connectivity index (χ3v) is 8.08. The fraction of sp³-hybridized carbons (Fsp3) is 0.130. The van der Waals surface area contributed by atoms with Crippen molar-refractivity contribution in [1.29, 1.82) is 0 Å². The topological polar surface area (TPSA) is 156 Å². The van der Waals surface area contributed by atoms with Crippen molar-refractivity contribution in [3.8, 4) is 22.9 Å². The van der Waals surface area contributed by atoms with Gasteiger partial charge in [0.05, 0.1) is 17.4 Å². The summed E-state index contributed by atoms with van der Waals surface area (Å²) in [4.78, 5) is 20.3. The van der Waals surface area contributed by atoms with Crippen LogP contribution in [0.25, 0.3) is 22.9 Å². The van der Waals surface area contributed by atoms with Gasteiger partial charge in [0, 0.05) is 17.9 Å². The number of aryl methyl sites for hydroxylation is 1. The number of carbonyl (C=O) groups is 1. The number of carbonyl (C=O) groups excluding carboxylic acids is 1. The standard InChI is InChI=1S/C23H20N6O5S3/c1-14-27-28-23(36-14)29-37(31,32)16-8-6-15(7-9-16)24-19(30)10-13-35-22-25-20(17-4-2-11-33-17)21(26-22)18-5-3-12-34-18/h2-9,11-12H,10,13H2,1H3,(H,24,30)(H,25,26)(H,28,29). The first-order valence-electron chi connectivity index (χ1n) is 10.9. The van der Waals surface area contributed by atoms with E-state index in [9.17, 15) is 13.2 Å². The monoisotopic (exact) mass is 556 g/mol. The second-order valence-electron chi connectivity index (χ2n) is 7.62. The molecule has 0 fully saturated rings. The number of aromatic nitrogens is 4. The lowest BCUT2D eigenvalue weighted by Crippen LogP contribution is -2.14. The number of nitrogens with zero attached hydrogens (tertiary/aromatic N) is 3. The van der Waals surface area contributed by atoms with Crippen LogP contribution in [0.15, 0.2) is 79.9 Å². The highest BCUT2D eigenvalue weighted by Gasteiger charge is 2.19. The first kappa shape index (κ1) is 24.8. The minimum atomic E-state index is -3.81. The fourth-order valence-corrected chi connectivity index (χ4v) is 5.94. The maximum atomic E-state index is 12.5. The number of hydrogen-bond acceptors (Lipinski definition) is 10. The van der Waals surface area contributed by atoms with Gasteiger partial charge in [0.2, 0.25) is 11.0 Å². The van der Waals surface area contributed by atoms with Crippen LogP contribution >= 0.6 is 23.1 Å². The molecular weight excluding hydrogens is 536 g/mol. The molecule has 0 radical (unpaired) electrons. The largest absolute Gasteiger partial charge is 0.463 e. The van der Waals surface area contributed by atoms with Crippen molar-refractivity contribution in [2.75, 3.05) is 15.8 Å². The zero-order valence-electron chi connectivity index (χ0n) is 19.3. The van der Waals surface area contributed by atoms with Crippen molar-refractivity contribution in [3.05, 3.63) is 66.1 Å². The molecule has 190 valence electrons. The van der Waals surface area contributed by atoms with Crippen molar-refractivity contribution in [2.45, 2.75) is 23.4 Å². The zero-order valence-corrected chi connectivity index (χ0v) is 21.7. The molecule has 0 spiro atoms. The van der Waals surface area contributed by atoms with Gasteiger partial charge in [-0.1, -0.05) is 23.1 Å². The molecule has 37 heavy (non-hydrogen) atoms. The maximum Gasteiger partial charge on any atom is 0.263 e. The van der Waals surface area contributed by atoms with Gasteiger partial charge in [-0.15, -0.1) is 10.2 Å². The van der Waals surface area contributed by atoms with Crippen molar-refractivity contribution in [2.24, 2.45) is 0 Å². The van der Waals surface area contributed by atoms with E-state index in [1.807, 2.05) is 12.1 Å². The molecule has 0 aliphatic rings. The smallest absolute Gasteiger partial charge is 0.263 e. The number of imidazole rings is 1. The van der Waals surface area contributed by atoms with E-state index in [0.717, 1.165) is 11.3 Å². The Hall–Kier alpha value is -3.88. The van der Waals surface area contributed by atoms with Gasteiger partial charge >= 0.3 is 0 Å². The van der Waals surface area contributed by atoms with Crippen LogP contribution in [-0.4, -0.2) is 40.2 Å². The van der Waals surface area contributed by atoms with E-state index in [1.54, 1.807) is 31.6 Å². The van der Waals surface area contributed by atoms with E-state index < -0.39 is 10.0 Å². The van der Waals surface area contributed by atoms with E-state index in [2.05, 4.69) is 30.2 Å². The number of rotatable bonds is 10. The summed E-state index contributed by atoms with van der Waals surface area (Å²) in [5.41, 5.74) is 1.80. The lowest BCUT2D eigenvalue weighted by molar-refractivity contribution is -0.115. The number of nitrogens with one attached hydrogen (secondary N) is 3. The lowest BCUT2D eigenvalue weighted by Gasteiger charge is -2.07. The minimum Gasteiger partial charge on any atom is -0.463 e. The highest BCUT2D eigenvalue weighted by atomic mass is 32.2. The molecule has 4 heterocycles. The van der Waals surface area contributed by atoms with Crippen molar-refractivity contribution in [1.82, 2.24) is 20.2 Å². The van der Waals surface area contributed by atoms with Crippen LogP contribution < -0.4 is 10.0 Å². The Labute approximate surface area is 219 Å². The van der Waals surface area contributed by atoms with E-state index in [-0.39, 0.29) is 22.4 Å². The van der Waals surface area contributed by atoms with Crippen LogP contribution in [0.5, 0.6) is 0 Å². The van der Waals surface area contributed by atoms with Gasteiger partial charge in [0.1, 0.15) is 16.4 Å². The van der Waals surface area contributed by atoms with E-state index >= 15 is 0 Å². The molecule has 0 atom stereocenters. The Bertz CT molecular complexity index is 1540. The van der Waals surface area contributed by atoms with Gasteiger partial charge in [-0.3, -0.25) is 9.52 Å². The van der Waals surface area contributed by atoms with Crippen LogP contribution in [-0.2, 0) is 14.8 Å². The summed E-state index contributed by atoms with van der Waals surface area (Å²) >= 11 is 2.53. The molecule has 3 N–H and O–H groups in total. The number of aromatic amines is 1. The number of amides is 1. The Morgan fingerprint density at radius 1 is 1.05 bits per heavy atom. The quantitative estimate of drug-likeness (QED) is 0.201. The number of hydrogen-bond donors (Lipinski definition) is 3. The van der Waals surface area contributed by atoms with Gasteiger partial charge in [0.25, 0.3) is 10.0 Å². The lowest BCUT2D eigenvalue weighted by atomic mass is 10.2. The predicted octanol–water partition coefficient (Wildman–Crippen LogP) is 5.01. The normalized spacial score (nSPS) is 11.5. The first-order valence-corrected chi connectivity index (χ1v) is 14.2. The predicted molar refractivity (Wildman–Crippen MR) is 140 cm³/mol. The van der Waals surface area contributed by atoms with E-state index in [0.29, 0.717) is 44.5 Å². The number of H-pyrrole nitrogens is 1. The summed E-state index contributed by atoms with van der Waals surface area (Å²) in [5.74, 6) is 1.48. The third-order valence-electron chi connectivity index (χ3n) is 4.97. The van der Waals surface area contributed by atoms with Gasteiger partial charge < -0.3 is 19.1 Å². The van der Waals surface area contributed by atoms with Crippen LogP contribution in [0.1, 0.15) is 11.4 Å². The van der Waals surface area contributed by atoms with E-state index in [4.69, 9.17) is 8.83 Å². The minimum absolute atomic E-state index is 0.0476. The summed E-state index contributed by atoms with van der Waals surface area (Å²) in [7, 11) is -3.81. The van der Waals surface area contributed by atoms with Crippen molar-refractivity contribution < 1.29 is 22.0 Å². The van der Waals surface area contributed by atoms with E-state index in [1.165, 1.54) is 36.0 Å². The van der Waals surface area contributed by atoms with Crippen molar-refractivity contribution in [3.63, 3.8) is 0 Å². The number of anilines is 2. The summed E-state index contributed by atoms with van der Waals surface area (Å²) in [6.45, 7) is 1.73. The Kier molecular flexibility index (Phi) is 7.12. The molecule has 14 heteroatoms. The molecule has 5 aromatic rings. The summed E-state index contributed by atoms with van der Waals surface area (Å²) in [6.07, 6.45) is 3.37. The number of benzene rings is 1. The van der Waals surface area contributed by atoms with Crippen LogP contribution in [0.4, 0.5) is 10.8 Å². The molecular formula is C23H20N6O5S3. The first-order chi connectivity index (χ1) is 17.9. The van der Waals surface area contributed by atoms with Gasteiger partial charge in [-0.05, 0) is 55.5 Å². The molecule has 5 rings (SSSR count). The highest BCUT2D eigenvalue weighted by Crippen LogP contribution is 2.33. The van der Waals surface area contributed by atoms with Gasteiger partial charge in [-0.2, -0.15) is 0 Å². The second kappa shape index (κ2) is 10.6. The molecule has 1 aromatic carbocycles.